The number of aliphatic hydroxyl groups is 1. The molecular weight excluding hydrogens is 725 g/mol. The fourth-order valence-corrected chi connectivity index (χ4v) is 5.93. The van der Waals surface area contributed by atoms with Crippen molar-refractivity contribution in [1.29, 1.82) is 0 Å². The number of unbranched alkanes of at least 4 members (excludes halogenated alkanes) is 12. The molecule has 0 aromatic rings. The number of aliphatic carboxylic acids is 1. The highest BCUT2D eigenvalue weighted by Crippen LogP contribution is 2.43. The first-order valence-corrected chi connectivity index (χ1v) is 21.9. The van der Waals surface area contributed by atoms with Crippen molar-refractivity contribution in [2.45, 2.75) is 167 Å². The van der Waals surface area contributed by atoms with Crippen LogP contribution in [0.2, 0.25) is 0 Å². The third-order valence-corrected chi connectivity index (χ3v) is 9.33. The summed E-state index contributed by atoms with van der Waals surface area (Å²) in [4.78, 5) is 45.9. The minimum Gasteiger partial charge on any atom is -0.480 e. The van der Waals surface area contributed by atoms with E-state index in [0.29, 0.717) is 12.8 Å². The number of hydrogen-bond acceptors (Lipinski definition) is 10. The molecule has 0 fully saturated rings. The molecule has 12 nitrogen and oxygen atoms in total. The highest BCUT2D eigenvalue weighted by atomic mass is 31.2. The van der Waals surface area contributed by atoms with Crippen LogP contribution in [0.15, 0.2) is 60.8 Å². The molecule has 0 spiro atoms. The van der Waals surface area contributed by atoms with Crippen molar-refractivity contribution in [3.05, 3.63) is 60.8 Å². The maximum Gasteiger partial charge on any atom is 0.472 e. The van der Waals surface area contributed by atoms with E-state index in [-0.39, 0.29) is 19.3 Å². The summed E-state index contributed by atoms with van der Waals surface area (Å²) in [6.45, 7) is 2.47. The average molecular weight is 798 g/mol. The van der Waals surface area contributed by atoms with Crippen molar-refractivity contribution in [1.82, 2.24) is 0 Å². The van der Waals surface area contributed by atoms with Crippen LogP contribution in [-0.2, 0) is 37.5 Å². The molecule has 0 radical (unpaired) electrons. The molecule has 316 valence electrons. The van der Waals surface area contributed by atoms with Crippen LogP contribution in [-0.4, -0.2) is 71.1 Å². The van der Waals surface area contributed by atoms with Crippen LogP contribution in [0.5, 0.6) is 0 Å². The number of carboxylic acid groups (broad SMARTS) is 1. The van der Waals surface area contributed by atoms with Gasteiger partial charge in [-0.2, -0.15) is 0 Å². The molecule has 0 amide bonds. The van der Waals surface area contributed by atoms with Gasteiger partial charge in [0.1, 0.15) is 12.6 Å². The topological polar surface area (TPSA) is 192 Å². The van der Waals surface area contributed by atoms with E-state index in [2.05, 4.69) is 54.8 Å². The number of carbonyl (C=O) groups is 3. The number of esters is 2. The summed E-state index contributed by atoms with van der Waals surface area (Å²) in [6.07, 6.45) is 37.5. The van der Waals surface area contributed by atoms with Crippen molar-refractivity contribution >= 4 is 25.7 Å². The molecule has 0 aromatic heterocycles. The smallest absolute Gasteiger partial charge is 0.472 e. The predicted octanol–water partition coefficient (Wildman–Crippen LogP) is 9.36. The summed E-state index contributed by atoms with van der Waals surface area (Å²) in [5.41, 5.74) is 5.31. The van der Waals surface area contributed by atoms with E-state index in [1.165, 1.54) is 57.8 Å². The van der Waals surface area contributed by atoms with Crippen LogP contribution in [0, 0.1) is 0 Å². The molecule has 0 saturated carbocycles. The summed E-state index contributed by atoms with van der Waals surface area (Å²) < 4.78 is 32.5. The Hall–Kier alpha value is -2.86. The Morgan fingerprint density at radius 2 is 1.16 bits per heavy atom. The number of carbonyl (C=O) groups excluding carboxylic acids is 2. The third kappa shape index (κ3) is 36.5. The maximum absolute atomic E-state index is 12.6. The van der Waals surface area contributed by atoms with Crippen molar-refractivity contribution in [3.8, 4) is 0 Å². The third-order valence-electron chi connectivity index (χ3n) is 8.38. The zero-order valence-corrected chi connectivity index (χ0v) is 34.5. The number of carboxylic acids is 1. The zero-order chi connectivity index (χ0) is 40.8. The minimum atomic E-state index is -4.77. The van der Waals surface area contributed by atoms with Gasteiger partial charge in [-0.25, -0.2) is 4.57 Å². The largest absolute Gasteiger partial charge is 0.480 e. The Labute approximate surface area is 330 Å². The molecule has 0 saturated heterocycles. The predicted molar refractivity (Wildman–Crippen MR) is 218 cm³/mol. The van der Waals surface area contributed by atoms with E-state index in [9.17, 15) is 28.9 Å². The molecule has 0 aliphatic carbocycles. The Morgan fingerprint density at radius 1 is 0.655 bits per heavy atom. The molecule has 0 bridgehead atoms. The van der Waals surface area contributed by atoms with E-state index in [4.69, 9.17) is 24.8 Å². The van der Waals surface area contributed by atoms with Gasteiger partial charge in [0.15, 0.2) is 6.10 Å². The van der Waals surface area contributed by atoms with Crippen molar-refractivity contribution < 1.29 is 52.6 Å². The van der Waals surface area contributed by atoms with Crippen molar-refractivity contribution in [2.75, 3.05) is 19.8 Å². The molecule has 0 aromatic carbocycles. The molecule has 0 heterocycles. The lowest BCUT2D eigenvalue weighted by Gasteiger charge is -2.20. The van der Waals surface area contributed by atoms with E-state index in [1.807, 2.05) is 12.2 Å². The summed E-state index contributed by atoms with van der Waals surface area (Å²) in [7, 11) is -4.77. The van der Waals surface area contributed by atoms with Crippen LogP contribution in [0.25, 0.3) is 0 Å². The zero-order valence-electron chi connectivity index (χ0n) is 33.6. The van der Waals surface area contributed by atoms with Gasteiger partial charge in [-0.1, -0.05) is 152 Å². The monoisotopic (exact) mass is 797 g/mol. The number of rotatable bonds is 37. The van der Waals surface area contributed by atoms with Crippen LogP contribution in [0.1, 0.15) is 149 Å². The standard InChI is InChI=1S/C42H72NO11P/c1-3-5-7-9-11-13-15-17-19-21-23-25-27-30-37(44)31-29-33-41(46)54-38(35-52-55(49,50)53-36-39(43)42(47)48)34-51-40(45)32-28-26-24-22-20-18-16-14-12-10-8-6-4-2/h5,7,11,13,17,19,23,25,27,30,37-39,44H,3-4,6,8-10,12,14-16,18,20-22,24,26,28-29,31-36,43H2,1-2H3,(H,47,48)(H,49,50)/b7-5-,13-11-,19-17-,25-23-,30-27+/t37?,38-,39+/m1/s1. The van der Waals surface area contributed by atoms with Gasteiger partial charge >= 0.3 is 25.7 Å². The molecule has 0 aliphatic heterocycles. The first-order valence-electron chi connectivity index (χ1n) is 20.4. The SMILES string of the molecule is CC/C=C\C/C=C\C/C=C\C/C=C\C=C\C(O)CCCC(=O)O[C@H](COC(=O)CCCCCCCCCCCCCCC)COP(=O)(O)OC[C@H](N)C(=O)O. The number of aliphatic hydroxyl groups excluding tert-OH is 1. The second kappa shape index (κ2) is 36.8. The summed E-state index contributed by atoms with van der Waals surface area (Å²) in [6, 6.07) is -1.55. The van der Waals surface area contributed by atoms with Gasteiger partial charge in [0.2, 0.25) is 0 Å². The number of ether oxygens (including phenoxy) is 2. The quantitative estimate of drug-likeness (QED) is 0.0153. The highest BCUT2D eigenvalue weighted by molar-refractivity contribution is 7.47. The molecule has 13 heteroatoms. The van der Waals surface area contributed by atoms with E-state index in [0.717, 1.165) is 44.9 Å². The number of nitrogens with two attached hydrogens (primary N) is 1. The molecule has 4 atom stereocenters. The van der Waals surface area contributed by atoms with Crippen LogP contribution in [0.3, 0.4) is 0 Å². The van der Waals surface area contributed by atoms with Gasteiger partial charge < -0.3 is 30.3 Å². The fourth-order valence-electron chi connectivity index (χ4n) is 5.15. The lowest BCUT2D eigenvalue weighted by Crippen LogP contribution is -2.34. The first kappa shape index (κ1) is 52.1. The number of phosphoric ester groups is 1. The number of hydrogen-bond donors (Lipinski definition) is 4. The Kier molecular flexibility index (Phi) is 34.8. The van der Waals surface area contributed by atoms with Crippen molar-refractivity contribution in [3.63, 3.8) is 0 Å². The first-order chi connectivity index (χ1) is 26.5. The molecule has 5 N–H and O–H groups in total. The molecular formula is C42H72NO11P. The normalized spacial score (nSPS) is 15.0. The van der Waals surface area contributed by atoms with Gasteiger partial charge in [-0.05, 0) is 44.9 Å². The fraction of sp³-hybridized carbons (Fsp3) is 0.690. The van der Waals surface area contributed by atoms with Crippen LogP contribution < -0.4 is 5.73 Å². The Balaban J connectivity index is 4.62. The highest BCUT2D eigenvalue weighted by Gasteiger charge is 2.28. The molecule has 55 heavy (non-hydrogen) atoms. The average Bonchev–Trinajstić information content (AvgIpc) is 3.15. The van der Waals surface area contributed by atoms with Gasteiger partial charge in [0, 0.05) is 12.8 Å². The molecule has 0 aliphatic rings. The summed E-state index contributed by atoms with van der Waals surface area (Å²) >= 11 is 0. The Morgan fingerprint density at radius 3 is 1.73 bits per heavy atom. The number of allylic oxidation sites excluding steroid dienone is 9. The van der Waals surface area contributed by atoms with E-state index < -0.39 is 63.8 Å². The summed E-state index contributed by atoms with van der Waals surface area (Å²) in [5, 5.41) is 19.1. The lowest BCUT2D eigenvalue weighted by atomic mass is 10.0. The molecule has 2 unspecified atom stereocenters. The van der Waals surface area contributed by atoms with Crippen molar-refractivity contribution in [2.24, 2.45) is 5.73 Å². The van der Waals surface area contributed by atoms with Gasteiger partial charge in [-0.3, -0.25) is 23.4 Å². The molecule has 0 rings (SSSR count). The Bertz CT molecular complexity index is 1180. The van der Waals surface area contributed by atoms with E-state index in [1.54, 1.807) is 12.2 Å². The van der Waals surface area contributed by atoms with Crippen LogP contribution in [0.4, 0.5) is 0 Å². The lowest BCUT2D eigenvalue weighted by molar-refractivity contribution is -0.161. The van der Waals surface area contributed by atoms with E-state index >= 15 is 0 Å². The minimum absolute atomic E-state index is 0.0704. The maximum atomic E-state index is 12.6. The summed E-state index contributed by atoms with van der Waals surface area (Å²) in [5.74, 6) is -2.61. The number of phosphoric acid groups is 1. The van der Waals surface area contributed by atoms with Gasteiger partial charge in [0.05, 0.1) is 19.3 Å². The second-order valence-electron chi connectivity index (χ2n) is 13.6. The van der Waals surface area contributed by atoms with Crippen LogP contribution >= 0.6 is 7.82 Å². The second-order valence-corrected chi connectivity index (χ2v) is 15.0. The van der Waals surface area contributed by atoms with Gasteiger partial charge in [0.25, 0.3) is 0 Å². The van der Waals surface area contributed by atoms with Gasteiger partial charge in [-0.15, -0.1) is 0 Å².